The van der Waals surface area contributed by atoms with E-state index in [1.807, 2.05) is 23.0 Å². The molecule has 2 atom stereocenters. The van der Waals surface area contributed by atoms with Gasteiger partial charge in [0.15, 0.2) is 0 Å². The van der Waals surface area contributed by atoms with Crippen LogP contribution in [0.25, 0.3) is 0 Å². The van der Waals surface area contributed by atoms with E-state index in [1.54, 1.807) is 0 Å². The van der Waals surface area contributed by atoms with E-state index in [1.165, 1.54) is 11.1 Å². The van der Waals surface area contributed by atoms with Gasteiger partial charge in [0.05, 0.1) is 6.20 Å². The van der Waals surface area contributed by atoms with Crippen molar-refractivity contribution in [2.24, 2.45) is 0 Å². The Labute approximate surface area is 119 Å². The van der Waals surface area contributed by atoms with E-state index < -0.39 is 0 Å². The van der Waals surface area contributed by atoms with Gasteiger partial charge >= 0.3 is 0 Å². The van der Waals surface area contributed by atoms with Crippen LogP contribution in [-0.4, -0.2) is 9.78 Å². The summed E-state index contributed by atoms with van der Waals surface area (Å²) in [5, 5.41) is 8.65. The van der Waals surface area contributed by atoms with Crippen molar-refractivity contribution in [3.63, 3.8) is 0 Å². The summed E-state index contributed by atoms with van der Waals surface area (Å²) in [6.45, 7) is 7.30. The van der Waals surface area contributed by atoms with Crippen molar-refractivity contribution in [2.75, 3.05) is 0 Å². The fraction of sp³-hybridized carbons (Fsp3) is 0.400. The molecule has 0 aliphatic heterocycles. The number of hydrogen-bond donors (Lipinski definition) is 1. The molecule has 3 nitrogen and oxygen atoms in total. The summed E-state index contributed by atoms with van der Waals surface area (Å²) >= 11 is 5.91. The van der Waals surface area contributed by atoms with Crippen LogP contribution in [0.3, 0.4) is 0 Å². The second-order valence-corrected chi connectivity index (χ2v) is 5.23. The first-order chi connectivity index (χ1) is 9.10. The molecule has 1 N–H and O–H groups in total. The molecule has 0 saturated heterocycles. The van der Waals surface area contributed by atoms with Gasteiger partial charge in [-0.1, -0.05) is 23.7 Å². The van der Waals surface area contributed by atoms with Crippen molar-refractivity contribution in [3.8, 4) is 0 Å². The van der Waals surface area contributed by atoms with Crippen molar-refractivity contribution in [1.82, 2.24) is 15.1 Å². The molecule has 1 unspecified atom stereocenters. The molecule has 0 aliphatic rings. The molecule has 0 saturated carbocycles. The highest BCUT2D eigenvalue weighted by molar-refractivity contribution is 6.30. The highest BCUT2D eigenvalue weighted by atomic mass is 35.5. The monoisotopic (exact) mass is 277 g/mol. The second kappa shape index (κ2) is 6.22. The molecule has 102 valence electrons. The zero-order valence-electron chi connectivity index (χ0n) is 11.6. The molecule has 0 amide bonds. The van der Waals surface area contributed by atoms with Gasteiger partial charge in [0.1, 0.15) is 0 Å². The maximum absolute atomic E-state index is 5.91. The van der Waals surface area contributed by atoms with Crippen LogP contribution in [0.15, 0.2) is 36.7 Å². The SMILES string of the molecule is CCn1cc(C(C)N[C@H](C)c2ccc(Cl)cc2)cn1. The number of nitrogens with one attached hydrogen (secondary N) is 1. The summed E-state index contributed by atoms with van der Waals surface area (Å²) in [5.41, 5.74) is 2.45. The first-order valence-electron chi connectivity index (χ1n) is 6.64. The third-order valence-corrected chi connectivity index (χ3v) is 3.60. The second-order valence-electron chi connectivity index (χ2n) is 4.79. The van der Waals surface area contributed by atoms with Gasteiger partial charge in [-0.15, -0.1) is 0 Å². The quantitative estimate of drug-likeness (QED) is 0.896. The van der Waals surface area contributed by atoms with Gasteiger partial charge in [0, 0.05) is 35.4 Å². The fourth-order valence-electron chi connectivity index (χ4n) is 2.10. The van der Waals surface area contributed by atoms with Gasteiger partial charge in [0.25, 0.3) is 0 Å². The summed E-state index contributed by atoms with van der Waals surface area (Å²) in [5.74, 6) is 0. The lowest BCUT2D eigenvalue weighted by Crippen LogP contribution is -2.22. The minimum absolute atomic E-state index is 0.269. The zero-order valence-corrected chi connectivity index (χ0v) is 12.4. The molecule has 1 aromatic carbocycles. The van der Waals surface area contributed by atoms with E-state index in [-0.39, 0.29) is 12.1 Å². The van der Waals surface area contributed by atoms with Gasteiger partial charge in [-0.25, -0.2) is 0 Å². The van der Waals surface area contributed by atoms with E-state index in [2.05, 4.69) is 49.5 Å². The Hall–Kier alpha value is -1.32. The van der Waals surface area contributed by atoms with Crippen LogP contribution in [0.4, 0.5) is 0 Å². The number of nitrogens with zero attached hydrogens (tertiary/aromatic N) is 2. The minimum atomic E-state index is 0.269. The zero-order chi connectivity index (χ0) is 13.8. The fourth-order valence-corrected chi connectivity index (χ4v) is 2.22. The third-order valence-electron chi connectivity index (χ3n) is 3.35. The Balaban J connectivity index is 2.01. The number of halogens is 1. The average Bonchev–Trinajstić information content (AvgIpc) is 2.88. The van der Waals surface area contributed by atoms with Gasteiger partial charge < -0.3 is 5.32 Å². The van der Waals surface area contributed by atoms with E-state index in [9.17, 15) is 0 Å². The Bertz CT molecular complexity index is 518. The first kappa shape index (κ1) is 14.1. The smallest absolute Gasteiger partial charge is 0.0537 e. The maximum Gasteiger partial charge on any atom is 0.0537 e. The lowest BCUT2D eigenvalue weighted by molar-refractivity contribution is 0.494. The molecule has 4 heteroatoms. The van der Waals surface area contributed by atoms with Crippen molar-refractivity contribution in [2.45, 2.75) is 39.4 Å². The molecule has 19 heavy (non-hydrogen) atoms. The lowest BCUT2D eigenvalue weighted by atomic mass is 10.1. The standard InChI is InChI=1S/C15H20ClN3/c1-4-19-10-14(9-17-19)12(3)18-11(2)13-5-7-15(16)8-6-13/h5-12,18H,4H2,1-3H3/t11-,12?/m1/s1. The van der Waals surface area contributed by atoms with Crippen LogP contribution in [0.1, 0.15) is 44.0 Å². The number of aryl methyl sites for hydroxylation is 1. The molecule has 2 rings (SSSR count). The Morgan fingerprint density at radius 1 is 1.16 bits per heavy atom. The van der Waals surface area contributed by atoms with Crippen molar-refractivity contribution < 1.29 is 0 Å². The van der Waals surface area contributed by atoms with E-state index >= 15 is 0 Å². The summed E-state index contributed by atoms with van der Waals surface area (Å²) in [7, 11) is 0. The molecule has 1 heterocycles. The number of rotatable bonds is 5. The molecule has 2 aromatic rings. The first-order valence-corrected chi connectivity index (χ1v) is 7.01. The Morgan fingerprint density at radius 2 is 1.79 bits per heavy atom. The van der Waals surface area contributed by atoms with Crippen LogP contribution in [0.2, 0.25) is 5.02 Å². The number of hydrogen-bond acceptors (Lipinski definition) is 2. The summed E-state index contributed by atoms with van der Waals surface area (Å²) in [6.07, 6.45) is 4.02. The third kappa shape index (κ3) is 3.58. The van der Waals surface area contributed by atoms with Crippen LogP contribution < -0.4 is 5.32 Å². The Morgan fingerprint density at radius 3 is 2.37 bits per heavy atom. The minimum Gasteiger partial charge on any atom is -0.304 e. The van der Waals surface area contributed by atoms with Crippen LogP contribution >= 0.6 is 11.6 Å². The molecular formula is C15H20ClN3. The summed E-state index contributed by atoms with van der Waals surface area (Å²) in [6, 6.07) is 8.51. The predicted molar refractivity (Wildman–Crippen MR) is 79.3 cm³/mol. The molecule has 1 aromatic heterocycles. The van der Waals surface area contributed by atoms with Crippen LogP contribution in [0.5, 0.6) is 0 Å². The predicted octanol–water partition coefficient (Wildman–Crippen LogP) is 3.97. The van der Waals surface area contributed by atoms with E-state index in [0.29, 0.717) is 0 Å². The maximum atomic E-state index is 5.91. The van der Waals surface area contributed by atoms with Crippen LogP contribution in [0, 0.1) is 0 Å². The van der Waals surface area contributed by atoms with Gasteiger partial charge in [-0.3, -0.25) is 4.68 Å². The van der Waals surface area contributed by atoms with E-state index in [4.69, 9.17) is 11.6 Å². The van der Waals surface area contributed by atoms with Gasteiger partial charge in [-0.2, -0.15) is 5.10 Å². The molecular weight excluding hydrogens is 258 g/mol. The molecule has 0 bridgehead atoms. The number of benzene rings is 1. The van der Waals surface area contributed by atoms with Crippen molar-refractivity contribution in [3.05, 3.63) is 52.8 Å². The largest absolute Gasteiger partial charge is 0.304 e. The molecule has 0 radical (unpaired) electrons. The molecule has 0 fully saturated rings. The number of aromatic nitrogens is 2. The van der Waals surface area contributed by atoms with Crippen LogP contribution in [-0.2, 0) is 6.54 Å². The summed E-state index contributed by atoms with van der Waals surface area (Å²) < 4.78 is 1.94. The lowest BCUT2D eigenvalue weighted by Gasteiger charge is -2.19. The van der Waals surface area contributed by atoms with Gasteiger partial charge in [-0.05, 0) is 38.5 Å². The summed E-state index contributed by atoms with van der Waals surface area (Å²) in [4.78, 5) is 0. The normalized spacial score (nSPS) is 14.3. The molecule has 0 aliphatic carbocycles. The van der Waals surface area contributed by atoms with Crippen molar-refractivity contribution >= 4 is 11.6 Å². The van der Waals surface area contributed by atoms with E-state index in [0.717, 1.165) is 11.6 Å². The average molecular weight is 278 g/mol. The topological polar surface area (TPSA) is 29.9 Å². The molecule has 0 spiro atoms. The van der Waals surface area contributed by atoms with Crippen molar-refractivity contribution in [1.29, 1.82) is 0 Å². The highest BCUT2D eigenvalue weighted by Crippen LogP contribution is 2.20. The van der Waals surface area contributed by atoms with Gasteiger partial charge in [0.2, 0.25) is 0 Å². The highest BCUT2D eigenvalue weighted by Gasteiger charge is 2.12. The Kier molecular flexibility index (Phi) is 4.61.